The summed E-state index contributed by atoms with van der Waals surface area (Å²) in [5.74, 6) is 0.295. The second-order valence-electron chi connectivity index (χ2n) is 8.37. The molecule has 0 spiro atoms. The highest BCUT2D eigenvalue weighted by Gasteiger charge is 2.34. The number of amides is 1. The molecule has 7 heteroatoms. The Morgan fingerprint density at radius 2 is 1.88 bits per heavy atom. The number of para-hydroxylation sites is 1. The van der Waals surface area contributed by atoms with Crippen LogP contribution >= 0.6 is 11.3 Å². The second-order valence-corrected chi connectivity index (χ2v) is 9.39. The lowest BCUT2D eigenvalue weighted by atomic mass is 10.1. The molecule has 0 saturated carbocycles. The summed E-state index contributed by atoms with van der Waals surface area (Å²) in [5, 5.41) is 1.42. The molecule has 1 amide bonds. The van der Waals surface area contributed by atoms with Crippen LogP contribution in [0.1, 0.15) is 28.1 Å². The van der Waals surface area contributed by atoms with Crippen molar-refractivity contribution in [1.29, 1.82) is 0 Å². The van der Waals surface area contributed by atoms with Gasteiger partial charge in [0, 0.05) is 26.1 Å². The summed E-state index contributed by atoms with van der Waals surface area (Å²) >= 11 is 1.36. The number of carbonyl (C=O) groups is 1. The van der Waals surface area contributed by atoms with Crippen molar-refractivity contribution in [2.45, 2.75) is 25.5 Å². The zero-order chi connectivity index (χ0) is 22.9. The second kappa shape index (κ2) is 9.00. The van der Waals surface area contributed by atoms with E-state index in [0.717, 1.165) is 34.0 Å². The van der Waals surface area contributed by atoms with E-state index in [0.29, 0.717) is 29.2 Å². The van der Waals surface area contributed by atoms with Crippen LogP contribution in [-0.4, -0.2) is 41.7 Å². The lowest BCUT2D eigenvalue weighted by Crippen LogP contribution is -2.37. The maximum absolute atomic E-state index is 13.8. The number of hydrogen-bond acceptors (Lipinski definition) is 5. The fourth-order valence-electron chi connectivity index (χ4n) is 4.64. The highest BCUT2D eigenvalue weighted by Crippen LogP contribution is 2.41. The van der Waals surface area contributed by atoms with E-state index in [4.69, 9.17) is 9.47 Å². The Bertz CT molecular complexity index is 1380. The molecule has 2 aromatic heterocycles. The first-order valence-corrected chi connectivity index (χ1v) is 11.9. The van der Waals surface area contributed by atoms with Gasteiger partial charge in [0.2, 0.25) is 0 Å². The van der Waals surface area contributed by atoms with Crippen LogP contribution in [0.2, 0.25) is 0 Å². The topological polar surface area (TPSA) is 60.8 Å². The molecule has 5 rings (SSSR count). The molecule has 0 bridgehead atoms. The summed E-state index contributed by atoms with van der Waals surface area (Å²) in [7, 11) is 3.42. The molecule has 1 saturated heterocycles. The zero-order valence-electron chi connectivity index (χ0n) is 18.7. The summed E-state index contributed by atoms with van der Waals surface area (Å²) in [6.07, 6.45) is 1.85. The molecule has 2 aromatic carbocycles. The Hall–Kier alpha value is -3.16. The number of hydrogen-bond donors (Lipinski definition) is 0. The largest absolute Gasteiger partial charge is 0.486 e. The molecular weight excluding hydrogens is 436 g/mol. The van der Waals surface area contributed by atoms with Crippen LogP contribution in [0, 0.1) is 0 Å². The highest BCUT2D eigenvalue weighted by atomic mass is 32.1. The molecular formula is C26H26N2O4S. The fraction of sp³-hybridized carbons (Fsp3) is 0.308. The summed E-state index contributed by atoms with van der Waals surface area (Å²) < 4.78 is 14.0. The number of carbonyl (C=O) groups excluding carboxylic acids is 1. The Kier molecular flexibility index (Phi) is 5.91. The number of aryl methyl sites for hydroxylation is 1. The average Bonchev–Trinajstić information content (AvgIpc) is 3.47. The molecule has 1 aliphatic rings. The minimum Gasteiger partial charge on any atom is -0.486 e. The number of nitrogens with zero attached hydrogens (tertiary/aromatic N) is 2. The smallest absolute Gasteiger partial charge is 0.268 e. The van der Waals surface area contributed by atoms with Gasteiger partial charge >= 0.3 is 0 Å². The van der Waals surface area contributed by atoms with Crippen LogP contribution in [0.5, 0.6) is 5.75 Å². The molecule has 0 radical (unpaired) electrons. The van der Waals surface area contributed by atoms with Gasteiger partial charge in [-0.1, -0.05) is 48.5 Å². The Balaban J connectivity index is 1.68. The minimum absolute atomic E-state index is 0.0364. The van der Waals surface area contributed by atoms with E-state index in [1.165, 1.54) is 11.3 Å². The van der Waals surface area contributed by atoms with Gasteiger partial charge < -0.3 is 18.9 Å². The van der Waals surface area contributed by atoms with Crippen LogP contribution in [0.25, 0.3) is 21.0 Å². The molecule has 170 valence electrons. The molecule has 1 fully saturated rings. The minimum atomic E-state index is -0.156. The molecule has 4 aromatic rings. The average molecular weight is 463 g/mol. The Morgan fingerprint density at radius 3 is 2.67 bits per heavy atom. The van der Waals surface area contributed by atoms with E-state index in [2.05, 4.69) is 0 Å². The third-order valence-electron chi connectivity index (χ3n) is 6.31. The summed E-state index contributed by atoms with van der Waals surface area (Å²) in [6.45, 7) is 1.46. The van der Waals surface area contributed by atoms with Crippen molar-refractivity contribution in [3.8, 4) is 5.75 Å². The maximum atomic E-state index is 13.8. The first-order valence-electron chi connectivity index (χ1n) is 11.1. The van der Waals surface area contributed by atoms with Crippen molar-refractivity contribution in [2.75, 3.05) is 20.3 Å². The van der Waals surface area contributed by atoms with E-state index in [1.807, 2.05) is 59.5 Å². The Labute approximate surface area is 196 Å². The molecule has 0 N–H and O–H groups in total. The van der Waals surface area contributed by atoms with E-state index < -0.39 is 0 Å². The number of fused-ring (bicyclic) bond motifs is 3. The van der Waals surface area contributed by atoms with Gasteiger partial charge in [-0.2, -0.15) is 0 Å². The van der Waals surface area contributed by atoms with Crippen LogP contribution in [0.3, 0.4) is 0 Å². The third-order valence-corrected chi connectivity index (χ3v) is 7.50. The monoisotopic (exact) mass is 462 g/mol. The predicted octanol–water partition coefficient (Wildman–Crippen LogP) is 4.58. The quantitative estimate of drug-likeness (QED) is 0.421. The van der Waals surface area contributed by atoms with Crippen molar-refractivity contribution < 1.29 is 14.3 Å². The number of benzene rings is 2. The predicted molar refractivity (Wildman–Crippen MR) is 131 cm³/mol. The number of rotatable bonds is 6. The van der Waals surface area contributed by atoms with Gasteiger partial charge in [0.05, 0.1) is 22.9 Å². The number of aromatic nitrogens is 1. The van der Waals surface area contributed by atoms with Crippen molar-refractivity contribution in [1.82, 2.24) is 9.47 Å². The zero-order valence-corrected chi connectivity index (χ0v) is 19.6. The van der Waals surface area contributed by atoms with Gasteiger partial charge in [0.25, 0.3) is 11.5 Å². The summed E-state index contributed by atoms with van der Waals surface area (Å²) in [5.41, 5.74) is 1.66. The van der Waals surface area contributed by atoms with Crippen LogP contribution in [0.15, 0.2) is 59.4 Å². The van der Waals surface area contributed by atoms with Gasteiger partial charge in [-0.3, -0.25) is 9.59 Å². The van der Waals surface area contributed by atoms with Gasteiger partial charge in [0.15, 0.2) is 5.75 Å². The number of thiophene rings is 1. The highest BCUT2D eigenvalue weighted by molar-refractivity contribution is 7.22. The van der Waals surface area contributed by atoms with Gasteiger partial charge in [-0.05, 0) is 24.5 Å². The normalized spacial score (nSPS) is 16.1. The van der Waals surface area contributed by atoms with E-state index in [-0.39, 0.29) is 24.1 Å². The lowest BCUT2D eigenvalue weighted by Gasteiger charge is -2.24. The fourth-order valence-corrected chi connectivity index (χ4v) is 5.87. The summed E-state index contributed by atoms with van der Waals surface area (Å²) in [4.78, 5) is 29.6. The van der Waals surface area contributed by atoms with Crippen LogP contribution < -0.4 is 10.3 Å². The molecule has 1 atom stereocenters. The van der Waals surface area contributed by atoms with Gasteiger partial charge in [-0.25, -0.2) is 0 Å². The first-order chi connectivity index (χ1) is 16.1. The van der Waals surface area contributed by atoms with Crippen molar-refractivity contribution in [2.24, 2.45) is 7.05 Å². The third kappa shape index (κ3) is 3.81. The van der Waals surface area contributed by atoms with Crippen molar-refractivity contribution in [3.05, 3.63) is 75.4 Å². The molecule has 0 aliphatic carbocycles. The van der Waals surface area contributed by atoms with E-state index >= 15 is 0 Å². The molecule has 1 aliphatic heterocycles. The molecule has 6 nitrogen and oxygen atoms in total. The van der Waals surface area contributed by atoms with Gasteiger partial charge in [-0.15, -0.1) is 11.3 Å². The molecule has 3 heterocycles. The standard InChI is InChI=1S/C26H26N2O4S/c1-27-20-13-7-6-12-19(20)23-21(25(27)29)22(32-15-17-9-4-3-5-10-17)24(33-23)26(30)28-14-8-11-18(28)16-31-2/h3-7,9-10,12-13,18H,8,11,14-16H2,1-2H3/t18-/m1/s1. The number of methoxy groups -OCH3 is 1. The van der Waals surface area contributed by atoms with Crippen molar-refractivity contribution >= 4 is 38.2 Å². The van der Waals surface area contributed by atoms with E-state index in [1.54, 1.807) is 18.7 Å². The number of ether oxygens (including phenoxy) is 2. The van der Waals surface area contributed by atoms with Gasteiger partial charge in [0.1, 0.15) is 16.9 Å². The molecule has 0 unspecified atom stereocenters. The SMILES string of the molecule is COC[C@H]1CCCN1C(=O)c1sc2c(c1OCc1ccccc1)c(=O)n(C)c1ccccc21. The Morgan fingerprint density at radius 1 is 1.12 bits per heavy atom. The van der Waals surface area contributed by atoms with Crippen LogP contribution in [-0.2, 0) is 18.4 Å². The van der Waals surface area contributed by atoms with Crippen molar-refractivity contribution in [3.63, 3.8) is 0 Å². The first kappa shape index (κ1) is 21.7. The van der Waals surface area contributed by atoms with Crippen LogP contribution in [0.4, 0.5) is 0 Å². The summed E-state index contributed by atoms with van der Waals surface area (Å²) in [6, 6.07) is 17.6. The maximum Gasteiger partial charge on any atom is 0.268 e. The lowest BCUT2D eigenvalue weighted by molar-refractivity contribution is 0.0631. The molecule has 33 heavy (non-hydrogen) atoms. The number of likely N-dealkylation sites (tertiary alicyclic amines) is 1. The number of pyridine rings is 1. The van der Waals surface area contributed by atoms with E-state index in [9.17, 15) is 9.59 Å².